The largest absolute Gasteiger partial charge is 0.756 e. The summed E-state index contributed by atoms with van der Waals surface area (Å²) in [7, 11) is -11.5. The summed E-state index contributed by atoms with van der Waals surface area (Å²) in [6.45, 7) is 1.88. The molecule has 2 heterocycles. The molecule has 2 rings (SSSR count). The van der Waals surface area contributed by atoms with E-state index in [1.54, 1.807) is 0 Å². The van der Waals surface area contributed by atoms with E-state index in [0.29, 0.717) is 12.8 Å². The Kier molecular flexibility index (Phi) is 31.8. The monoisotopic (exact) mass is 975 g/mol. The smallest absolute Gasteiger partial charge is 0.351 e. The third-order valence-electron chi connectivity index (χ3n) is 11.0. The predicted molar refractivity (Wildman–Crippen MR) is 248 cm³/mol. The van der Waals surface area contributed by atoms with Crippen LogP contribution in [-0.4, -0.2) is 75.9 Å². The number of aliphatic hydroxyl groups excluding tert-OH is 2. The highest BCUT2D eigenvalue weighted by Crippen LogP contribution is 2.56. The lowest BCUT2D eigenvalue weighted by molar-refractivity contribution is -0.246. The minimum Gasteiger partial charge on any atom is -0.756 e. The van der Waals surface area contributed by atoms with Gasteiger partial charge in [-0.05, 0) is 70.3 Å². The number of aromatic nitrogens is 2. The van der Waals surface area contributed by atoms with Gasteiger partial charge in [0.15, 0.2) is 12.3 Å². The Balaban J connectivity index is 1.82. The molecule has 0 aromatic carbocycles. The summed E-state index contributed by atoms with van der Waals surface area (Å²) in [5.74, 6) is -1.38. The van der Waals surface area contributed by atoms with Gasteiger partial charge in [-0.3, -0.25) is 23.3 Å². The first-order valence-electron chi connectivity index (χ1n) is 24.3. The molecule has 2 unspecified atom stereocenters. The number of ether oxygens (including phenoxy) is 3. The van der Waals surface area contributed by atoms with Crippen LogP contribution in [0.3, 0.4) is 0 Å². The van der Waals surface area contributed by atoms with Crippen LogP contribution in [-0.2, 0) is 46.3 Å². The minimum absolute atomic E-state index is 0.0151. The number of nitrogen functional groups attached to an aromatic ring is 1. The fraction of sp³-hybridized carbons (Fsp3) is 0.783. The van der Waals surface area contributed by atoms with E-state index in [1.165, 1.54) is 57.4 Å². The number of hydrogen-bond acceptors (Lipinski definition) is 17. The number of anilines is 1. The van der Waals surface area contributed by atoms with E-state index in [1.807, 2.05) is 0 Å². The Morgan fingerprint density at radius 1 is 0.727 bits per heavy atom. The van der Waals surface area contributed by atoms with Gasteiger partial charge in [-0.25, -0.2) is 9.11 Å². The fourth-order valence-corrected chi connectivity index (χ4v) is 9.21. The van der Waals surface area contributed by atoms with Crippen molar-refractivity contribution in [3.8, 4) is 0 Å². The van der Waals surface area contributed by atoms with Crippen LogP contribution in [0.2, 0.25) is 0 Å². The molecule has 0 bridgehead atoms. The van der Waals surface area contributed by atoms with E-state index < -0.39 is 83.7 Å². The van der Waals surface area contributed by atoms with E-state index in [-0.39, 0.29) is 18.7 Å². The minimum atomic E-state index is -5.73. The maximum atomic E-state index is 12.8. The molecule has 7 atom stereocenters. The molecule has 18 nitrogen and oxygen atoms in total. The third kappa shape index (κ3) is 27.9. The van der Waals surface area contributed by atoms with Crippen LogP contribution in [0, 0.1) is 0 Å². The second-order valence-electron chi connectivity index (χ2n) is 16.9. The number of aliphatic hydroxyl groups is 2. The number of nitrogens with two attached hydrogens (primary N) is 1. The number of esters is 2. The van der Waals surface area contributed by atoms with Gasteiger partial charge in [0, 0.05) is 19.0 Å². The third-order valence-corrected chi connectivity index (χ3v) is 13.5. The lowest BCUT2D eigenvalue weighted by atomic mass is 10.1. The average Bonchev–Trinajstić information content (AvgIpc) is 3.55. The van der Waals surface area contributed by atoms with E-state index in [9.17, 15) is 43.5 Å². The Labute approximate surface area is 392 Å². The summed E-state index contributed by atoms with van der Waals surface area (Å²) in [4.78, 5) is 66.3. The molecule has 0 aliphatic carbocycles. The molecule has 1 aliphatic rings. The van der Waals surface area contributed by atoms with Crippen molar-refractivity contribution in [2.24, 2.45) is 0 Å². The van der Waals surface area contributed by atoms with Crippen molar-refractivity contribution in [3.63, 3.8) is 0 Å². The molecule has 0 spiro atoms. The highest BCUT2D eigenvalue weighted by molar-refractivity contribution is 7.59. The van der Waals surface area contributed by atoms with Gasteiger partial charge < -0.3 is 49.0 Å². The van der Waals surface area contributed by atoms with Crippen LogP contribution in [0.25, 0.3) is 0 Å². The van der Waals surface area contributed by atoms with Gasteiger partial charge >= 0.3 is 17.6 Å². The van der Waals surface area contributed by atoms with Crippen LogP contribution in [0.4, 0.5) is 5.82 Å². The first kappa shape index (κ1) is 59.4. The standard InChI is InChI=1S/C46H81N3O15P2/c1-3-5-7-9-11-13-15-17-18-20-21-23-25-27-29-31-41(50)59-35-38(62-42(51)32-30-28-26-24-22-19-16-14-12-10-8-6-4-2)36-60-65(55,56)64-66(57,58)61-37-39-43(52)44(53)45(63-39)49-34-33-40(47)48-46(49)54/h13-16,33-34,38-39,43-45,52-53H,3-12,17-32,35-37H2,1-2H3,(H,55,56)(H,57,58)(H2,47,48,54)/p-2/b15-13-,16-14-/t38-,39-,43-,44-,45-/m1/s1. The highest BCUT2D eigenvalue weighted by atomic mass is 31.3. The molecule has 380 valence electrons. The van der Waals surface area contributed by atoms with Crippen molar-refractivity contribution in [3.05, 3.63) is 47.1 Å². The Morgan fingerprint density at radius 2 is 1.20 bits per heavy atom. The van der Waals surface area contributed by atoms with Gasteiger partial charge in [0.2, 0.25) is 0 Å². The van der Waals surface area contributed by atoms with E-state index in [4.69, 9.17) is 24.5 Å². The molecular weight excluding hydrogens is 896 g/mol. The molecule has 66 heavy (non-hydrogen) atoms. The Bertz CT molecular complexity index is 1700. The zero-order valence-electron chi connectivity index (χ0n) is 39.4. The molecule has 1 aliphatic heterocycles. The van der Waals surface area contributed by atoms with Crippen LogP contribution < -0.4 is 21.2 Å². The zero-order chi connectivity index (χ0) is 48.5. The summed E-state index contributed by atoms with van der Waals surface area (Å²) in [6, 6.07) is 1.23. The average molecular weight is 976 g/mol. The second kappa shape index (κ2) is 35.4. The van der Waals surface area contributed by atoms with Crippen molar-refractivity contribution in [1.29, 1.82) is 0 Å². The Morgan fingerprint density at radius 3 is 1.71 bits per heavy atom. The second-order valence-corrected chi connectivity index (χ2v) is 19.9. The number of rotatable bonds is 40. The highest BCUT2D eigenvalue weighted by Gasteiger charge is 2.45. The molecule has 1 aromatic rings. The number of unbranched alkanes of at least 4 members (excludes halogenated alkanes) is 20. The molecular formula is C46H79N3O15P2-2. The number of nitrogens with zero attached hydrogens (tertiary/aromatic N) is 2. The summed E-state index contributed by atoms with van der Waals surface area (Å²) >= 11 is 0. The molecule has 4 N–H and O–H groups in total. The van der Waals surface area contributed by atoms with Crippen LogP contribution in [0.1, 0.15) is 187 Å². The number of hydrogen-bond donors (Lipinski definition) is 3. The number of carbonyl (C=O) groups is 2. The van der Waals surface area contributed by atoms with Crippen molar-refractivity contribution >= 4 is 33.4 Å². The lowest BCUT2D eigenvalue weighted by Gasteiger charge is -2.32. The van der Waals surface area contributed by atoms with Gasteiger partial charge in [0.1, 0.15) is 30.7 Å². The molecule has 0 saturated carbocycles. The predicted octanol–water partition coefficient (Wildman–Crippen LogP) is 8.18. The maximum absolute atomic E-state index is 12.8. The number of phosphoric ester groups is 2. The summed E-state index contributed by atoms with van der Waals surface area (Å²) in [5, 5.41) is 20.8. The SMILES string of the molecule is CCCCCC/C=C\CCCCCCCCCC(=O)OC[C@H](COP(=O)([O-])OP(=O)([O-])OC[C@H]1O[C@@H](n2ccc(N)nc2=O)[C@H](O)[C@@H]1O)OC(=O)CCCCCCC/C=C\CCCCCC. The van der Waals surface area contributed by atoms with Crippen molar-refractivity contribution < 1.29 is 66.3 Å². The van der Waals surface area contributed by atoms with Crippen LogP contribution in [0.15, 0.2) is 41.4 Å². The van der Waals surface area contributed by atoms with Gasteiger partial charge in [-0.2, -0.15) is 4.98 Å². The zero-order valence-corrected chi connectivity index (χ0v) is 41.2. The Hall–Kier alpha value is -2.76. The van der Waals surface area contributed by atoms with Crippen molar-refractivity contribution in [2.75, 3.05) is 25.6 Å². The molecule has 20 heteroatoms. The van der Waals surface area contributed by atoms with Gasteiger partial charge in [-0.15, -0.1) is 0 Å². The quantitative estimate of drug-likeness (QED) is 0.0242. The first-order valence-corrected chi connectivity index (χ1v) is 27.2. The van der Waals surface area contributed by atoms with Crippen LogP contribution >= 0.6 is 15.6 Å². The lowest BCUT2D eigenvalue weighted by Crippen LogP contribution is -2.36. The van der Waals surface area contributed by atoms with Crippen molar-refractivity contribution in [1.82, 2.24) is 9.55 Å². The molecule has 1 aromatic heterocycles. The molecule has 1 saturated heterocycles. The van der Waals surface area contributed by atoms with E-state index in [0.717, 1.165) is 101 Å². The summed E-state index contributed by atoms with van der Waals surface area (Å²) in [6.07, 6.45) is 27.8. The number of phosphoric acid groups is 2. The topological polar surface area (TPSA) is 271 Å². The van der Waals surface area contributed by atoms with Crippen molar-refractivity contribution in [2.45, 2.75) is 211 Å². The number of carbonyl (C=O) groups excluding carboxylic acids is 2. The van der Waals surface area contributed by atoms with Gasteiger partial charge in [-0.1, -0.05) is 128 Å². The summed E-state index contributed by atoms with van der Waals surface area (Å²) < 4.78 is 55.7. The molecule has 0 radical (unpaired) electrons. The first-order chi connectivity index (χ1) is 31.7. The molecule has 0 amide bonds. The maximum Gasteiger partial charge on any atom is 0.351 e. The normalized spacial score (nSPS) is 19.8. The van der Waals surface area contributed by atoms with E-state index in [2.05, 4.69) is 52.0 Å². The number of allylic oxidation sites excluding steroid dienone is 4. The fourth-order valence-electron chi connectivity index (χ4n) is 7.17. The van der Waals surface area contributed by atoms with Gasteiger partial charge in [0.05, 0.1) is 13.2 Å². The summed E-state index contributed by atoms with van der Waals surface area (Å²) in [5.41, 5.74) is 4.55. The van der Waals surface area contributed by atoms with E-state index >= 15 is 0 Å². The van der Waals surface area contributed by atoms with Crippen LogP contribution in [0.5, 0.6) is 0 Å². The van der Waals surface area contributed by atoms with Gasteiger partial charge in [0.25, 0.3) is 15.6 Å². The molecule has 1 fully saturated rings.